The summed E-state index contributed by atoms with van der Waals surface area (Å²) in [6.45, 7) is 2.37. The zero-order valence-electron chi connectivity index (χ0n) is 20.8. The second-order valence-electron chi connectivity index (χ2n) is 8.82. The molecule has 38 heavy (non-hydrogen) atoms. The van der Waals surface area contributed by atoms with E-state index < -0.39 is 0 Å². The molecule has 0 fully saturated rings. The van der Waals surface area contributed by atoms with Gasteiger partial charge in [0.05, 0.1) is 21.3 Å². The van der Waals surface area contributed by atoms with Crippen molar-refractivity contribution in [3.63, 3.8) is 0 Å². The Kier molecular flexibility index (Phi) is 8.26. The van der Waals surface area contributed by atoms with E-state index in [9.17, 15) is 0 Å². The maximum absolute atomic E-state index is 8.90. The summed E-state index contributed by atoms with van der Waals surface area (Å²) in [5.41, 5.74) is 8.49. The van der Waals surface area contributed by atoms with E-state index in [0.717, 1.165) is 48.9 Å². The van der Waals surface area contributed by atoms with Crippen LogP contribution in [-0.4, -0.2) is 40.9 Å². The first-order valence-corrected chi connectivity index (χ1v) is 13.9. The number of nitrogens with zero attached hydrogens (tertiary/aromatic N) is 6. The monoisotopic (exact) mass is 632 g/mol. The maximum atomic E-state index is 8.90. The molecule has 0 spiro atoms. The van der Waals surface area contributed by atoms with Gasteiger partial charge in [0, 0.05) is 42.5 Å². The van der Waals surface area contributed by atoms with Crippen LogP contribution in [0.3, 0.4) is 0 Å². The van der Waals surface area contributed by atoms with Crippen LogP contribution in [0.25, 0.3) is 33.5 Å². The number of halogens is 2. The highest BCUT2D eigenvalue weighted by atomic mass is 79.9. The van der Waals surface area contributed by atoms with E-state index in [1.807, 2.05) is 49.1 Å². The molecule has 1 N–H and O–H groups in total. The number of aliphatic hydroxyl groups is 1. The van der Waals surface area contributed by atoms with E-state index in [0.29, 0.717) is 6.42 Å². The van der Waals surface area contributed by atoms with Crippen LogP contribution in [0, 0.1) is 0 Å². The summed E-state index contributed by atoms with van der Waals surface area (Å²) in [5, 5.41) is 17.4. The summed E-state index contributed by atoms with van der Waals surface area (Å²) < 4.78 is 5.34. The molecule has 0 unspecified atom stereocenters. The van der Waals surface area contributed by atoms with Crippen molar-refractivity contribution >= 4 is 43.2 Å². The van der Waals surface area contributed by atoms with E-state index in [4.69, 9.17) is 5.11 Å². The molecular formula is C29H26Br2N6O. The molecule has 192 valence electrons. The highest BCUT2D eigenvalue weighted by Gasteiger charge is 2.06. The third-order valence-electron chi connectivity index (χ3n) is 6.14. The van der Waals surface area contributed by atoms with Gasteiger partial charge in [0.2, 0.25) is 0 Å². The van der Waals surface area contributed by atoms with Gasteiger partial charge in [-0.25, -0.2) is 19.0 Å². The van der Waals surface area contributed by atoms with Crippen LogP contribution in [0.4, 0.5) is 0 Å². The largest absolute Gasteiger partial charge is 0.396 e. The van der Waals surface area contributed by atoms with Gasteiger partial charge < -0.3 is 5.11 Å². The van der Waals surface area contributed by atoms with Gasteiger partial charge in [-0.3, -0.25) is 0 Å². The third kappa shape index (κ3) is 5.85. The fraction of sp³-hybridized carbons (Fsp3) is 0.172. The normalized spacial score (nSPS) is 11.1. The van der Waals surface area contributed by atoms with E-state index in [2.05, 4.69) is 83.2 Å². The van der Waals surface area contributed by atoms with E-state index >= 15 is 0 Å². The topological polar surface area (TPSA) is 80.6 Å². The molecule has 4 aromatic heterocycles. The molecule has 0 saturated heterocycles. The average molecular weight is 634 g/mol. The third-order valence-corrected chi connectivity index (χ3v) is 7.26. The smallest absolute Gasteiger partial charge is 0.169 e. The summed E-state index contributed by atoms with van der Waals surface area (Å²) in [6.07, 6.45) is 14.2. The van der Waals surface area contributed by atoms with Gasteiger partial charge in [-0.2, -0.15) is 10.2 Å². The van der Waals surface area contributed by atoms with Gasteiger partial charge in [0.25, 0.3) is 0 Å². The van der Waals surface area contributed by atoms with Gasteiger partial charge in [-0.15, -0.1) is 0 Å². The number of benzene rings is 2. The number of rotatable bonds is 6. The van der Waals surface area contributed by atoms with Crippen LogP contribution in [0.5, 0.6) is 0 Å². The first kappa shape index (κ1) is 26.2. The van der Waals surface area contributed by atoms with Crippen molar-refractivity contribution < 1.29 is 5.11 Å². The zero-order chi connectivity index (χ0) is 26.5. The van der Waals surface area contributed by atoms with E-state index in [-0.39, 0.29) is 6.61 Å². The molecule has 7 nitrogen and oxygen atoms in total. The first-order chi connectivity index (χ1) is 18.6. The Bertz CT molecular complexity index is 1530. The molecule has 9 heteroatoms. The van der Waals surface area contributed by atoms with Crippen LogP contribution in [-0.2, 0) is 12.8 Å². The van der Waals surface area contributed by atoms with Crippen LogP contribution in [0.15, 0.2) is 94.7 Å². The lowest BCUT2D eigenvalue weighted by atomic mass is 10.0. The lowest BCUT2D eigenvalue weighted by Gasteiger charge is -2.04. The molecule has 0 aliphatic carbocycles. The van der Waals surface area contributed by atoms with E-state index in [1.54, 1.807) is 21.4 Å². The Hall–Kier alpha value is -3.40. The Labute approximate surface area is 237 Å². The molecule has 2 aromatic carbocycles. The Morgan fingerprint density at radius 3 is 1.50 bits per heavy atom. The minimum Gasteiger partial charge on any atom is -0.396 e. The molecule has 6 rings (SSSR count). The molecule has 0 radical (unpaired) electrons. The minimum absolute atomic E-state index is 0.175. The molecule has 0 amide bonds. The molecule has 6 aromatic rings. The fourth-order valence-corrected chi connectivity index (χ4v) is 4.89. The molecular weight excluding hydrogens is 608 g/mol. The Morgan fingerprint density at radius 1 is 0.632 bits per heavy atom. The standard InChI is InChI=1S/C15H14BrN3.C14H12BrN3O/c1-2-3-11-4-6-12(7-5-11)13-8-17-15-14(16)9-18-19(15)10-13;15-13-8-17-18-9-12(7-16-14(13)18)11-3-1-10(2-4-11)5-6-19/h4-10H,2-3H2,1H3;1-4,7-9,19H,5-6H2. The molecule has 0 aliphatic rings. The summed E-state index contributed by atoms with van der Waals surface area (Å²) in [4.78, 5) is 8.82. The quantitative estimate of drug-likeness (QED) is 0.218. The second-order valence-corrected chi connectivity index (χ2v) is 10.5. The average Bonchev–Trinajstić information content (AvgIpc) is 3.51. The van der Waals surface area contributed by atoms with Crippen molar-refractivity contribution in [3.8, 4) is 22.3 Å². The number of fused-ring (bicyclic) bond motifs is 2. The van der Waals surface area contributed by atoms with Gasteiger partial charge in [0.1, 0.15) is 0 Å². The van der Waals surface area contributed by atoms with Crippen LogP contribution in [0.1, 0.15) is 24.5 Å². The van der Waals surface area contributed by atoms with Crippen molar-refractivity contribution in [2.24, 2.45) is 0 Å². The van der Waals surface area contributed by atoms with Gasteiger partial charge >= 0.3 is 0 Å². The van der Waals surface area contributed by atoms with Crippen molar-refractivity contribution in [2.75, 3.05) is 6.61 Å². The minimum atomic E-state index is 0.175. The predicted molar refractivity (Wildman–Crippen MR) is 157 cm³/mol. The number of hydrogen-bond donors (Lipinski definition) is 1. The Balaban J connectivity index is 0.000000155. The molecule has 0 bridgehead atoms. The summed E-state index contributed by atoms with van der Waals surface area (Å²) in [7, 11) is 0. The van der Waals surface area contributed by atoms with Crippen molar-refractivity contribution in [2.45, 2.75) is 26.2 Å². The van der Waals surface area contributed by atoms with E-state index in [1.165, 1.54) is 17.5 Å². The number of aromatic nitrogens is 6. The summed E-state index contributed by atoms with van der Waals surface area (Å²) >= 11 is 6.83. The number of aryl methyl sites for hydroxylation is 1. The molecule has 0 aliphatic heterocycles. The maximum Gasteiger partial charge on any atom is 0.169 e. The van der Waals surface area contributed by atoms with Crippen molar-refractivity contribution in [1.29, 1.82) is 0 Å². The Morgan fingerprint density at radius 2 is 1.08 bits per heavy atom. The predicted octanol–water partition coefficient (Wildman–Crippen LogP) is 6.80. The first-order valence-electron chi connectivity index (χ1n) is 12.3. The van der Waals surface area contributed by atoms with Crippen LogP contribution >= 0.6 is 31.9 Å². The van der Waals surface area contributed by atoms with Gasteiger partial charge in [0.15, 0.2) is 11.3 Å². The fourth-order valence-electron chi connectivity index (χ4n) is 4.14. The highest BCUT2D eigenvalue weighted by Crippen LogP contribution is 2.23. The van der Waals surface area contributed by atoms with Gasteiger partial charge in [-0.1, -0.05) is 61.9 Å². The lowest BCUT2D eigenvalue weighted by Crippen LogP contribution is -1.93. The molecule has 0 saturated carbocycles. The van der Waals surface area contributed by atoms with Crippen molar-refractivity contribution in [3.05, 3.63) is 106 Å². The van der Waals surface area contributed by atoms with Gasteiger partial charge in [-0.05, 0) is 67.0 Å². The zero-order valence-corrected chi connectivity index (χ0v) is 24.0. The number of aliphatic hydroxyl groups excluding tert-OH is 1. The van der Waals surface area contributed by atoms with Crippen LogP contribution < -0.4 is 0 Å². The molecule has 4 heterocycles. The number of hydrogen-bond acceptors (Lipinski definition) is 5. The SMILES string of the molecule is CCCc1ccc(-c2cnc3c(Br)cnn3c2)cc1.OCCc1ccc(-c2cnc3c(Br)cnn3c2)cc1. The van der Waals surface area contributed by atoms with Crippen LogP contribution in [0.2, 0.25) is 0 Å². The highest BCUT2D eigenvalue weighted by molar-refractivity contribution is 9.11. The lowest BCUT2D eigenvalue weighted by molar-refractivity contribution is 0.299. The molecule has 0 atom stereocenters. The van der Waals surface area contributed by atoms with Crippen molar-refractivity contribution in [1.82, 2.24) is 29.2 Å². The summed E-state index contributed by atoms with van der Waals surface area (Å²) in [5.74, 6) is 0. The summed E-state index contributed by atoms with van der Waals surface area (Å²) in [6, 6.07) is 16.8. The second kappa shape index (κ2) is 12.0.